The Morgan fingerprint density at radius 1 is 1.06 bits per heavy atom. The Balaban J connectivity index is 1.26. The molecule has 3 aliphatic rings. The van der Waals surface area contributed by atoms with Crippen LogP contribution < -0.4 is 10.2 Å². The number of para-hydroxylation sites is 1. The number of nitrogens with zero attached hydrogens (tertiary/aromatic N) is 4. The summed E-state index contributed by atoms with van der Waals surface area (Å²) in [7, 11) is 1.91. The Morgan fingerprint density at radius 2 is 1.82 bits per heavy atom. The molecule has 1 aromatic carbocycles. The van der Waals surface area contributed by atoms with E-state index in [1.807, 2.05) is 28.8 Å². The molecule has 1 N–H and O–H groups in total. The maximum absolute atomic E-state index is 12.8. The van der Waals surface area contributed by atoms with Crippen molar-refractivity contribution in [3.63, 3.8) is 0 Å². The lowest BCUT2D eigenvalue weighted by Crippen LogP contribution is -2.49. The van der Waals surface area contributed by atoms with Crippen LogP contribution in [0.2, 0.25) is 0 Å². The number of rotatable bonds is 5. The molecule has 8 nitrogen and oxygen atoms in total. The molecule has 1 atom stereocenters. The van der Waals surface area contributed by atoms with Crippen molar-refractivity contribution in [3.8, 4) is 0 Å². The monoisotopic (exact) mass is 465 g/mol. The lowest BCUT2D eigenvalue weighted by molar-refractivity contribution is -0.134. The summed E-state index contributed by atoms with van der Waals surface area (Å²) < 4.78 is 1.85. The van der Waals surface area contributed by atoms with E-state index in [2.05, 4.69) is 16.3 Å². The second-order valence-corrected chi connectivity index (χ2v) is 10.1. The number of aryl methyl sites for hydroxylation is 1. The van der Waals surface area contributed by atoms with Gasteiger partial charge >= 0.3 is 0 Å². The highest BCUT2D eigenvalue weighted by atomic mass is 16.2. The van der Waals surface area contributed by atoms with Gasteiger partial charge in [-0.2, -0.15) is 5.10 Å². The standard InChI is InChI=1S/C26H35N5O3/c1-29-25-19(24(28-29)20-11-12-22(32)27-26(20)34)8-5-9-21(25)30-14-16-31(17-15-30)23(33)13-10-18-6-3-2-4-7-18/h5,8-9,18,20H,2-4,6-7,10-17H2,1H3,(H,27,32,34). The van der Waals surface area contributed by atoms with Gasteiger partial charge in [0.05, 0.1) is 22.8 Å². The molecule has 5 rings (SSSR count). The van der Waals surface area contributed by atoms with Crippen LogP contribution >= 0.6 is 0 Å². The van der Waals surface area contributed by atoms with Crippen molar-refractivity contribution in [1.29, 1.82) is 0 Å². The number of hydrogen-bond acceptors (Lipinski definition) is 5. The van der Waals surface area contributed by atoms with Gasteiger partial charge in [-0.25, -0.2) is 0 Å². The molecule has 2 aliphatic heterocycles. The van der Waals surface area contributed by atoms with E-state index in [4.69, 9.17) is 5.10 Å². The number of hydrogen-bond donors (Lipinski definition) is 1. The third-order valence-corrected chi connectivity index (χ3v) is 7.91. The van der Waals surface area contributed by atoms with Crippen molar-refractivity contribution < 1.29 is 14.4 Å². The smallest absolute Gasteiger partial charge is 0.235 e. The Labute approximate surface area is 200 Å². The van der Waals surface area contributed by atoms with Crippen LogP contribution in [0.25, 0.3) is 10.9 Å². The summed E-state index contributed by atoms with van der Waals surface area (Å²) in [5.74, 6) is 0.148. The van der Waals surface area contributed by atoms with Gasteiger partial charge in [-0.05, 0) is 24.8 Å². The average molecular weight is 466 g/mol. The van der Waals surface area contributed by atoms with Crippen LogP contribution in [0, 0.1) is 5.92 Å². The number of anilines is 1. The summed E-state index contributed by atoms with van der Waals surface area (Å²) >= 11 is 0. The van der Waals surface area contributed by atoms with Gasteiger partial charge in [0.1, 0.15) is 0 Å². The molecule has 1 aliphatic carbocycles. The van der Waals surface area contributed by atoms with Crippen LogP contribution in [0.15, 0.2) is 18.2 Å². The second kappa shape index (κ2) is 9.76. The molecule has 0 radical (unpaired) electrons. The van der Waals surface area contributed by atoms with Gasteiger partial charge in [0.2, 0.25) is 17.7 Å². The average Bonchev–Trinajstić information content (AvgIpc) is 3.19. The van der Waals surface area contributed by atoms with Crippen LogP contribution in [-0.2, 0) is 21.4 Å². The lowest BCUT2D eigenvalue weighted by atomic mass is 9.86. The fourth-order valence-corrected chi connectivity index (χ4v) is 5.97. The number of imide groups is 1. The topological polar surface area (TPSA) is 87.5 Å². The quantitative estimate of drug-likeness (QED) is 0.686. The number of aromatic nitrogens is 2. The molecule has 0 spiro atoms. The SMILES string of the molecule is Cn1nc(C2CCC(=O)NC2=O)c2cccc(N3CCN(C(=O)CCC4CCCCC4)CC3)c21. The number of carbonyl (C=O) groups excluding carboxylic acids is 3. The van der Waals surface area contributed by atoms with Gasteiger partial charge in [0, 0.05) is 51.5 Å². The molecule has 182 valence electrons. The third kappa shape index (κ3) is 4.55. The van der Waals surface area contributed by atoms with E-state index in [9.17, 15) is 14.4 Å². The molecule has 3 heterocycles. The Hall–Kier alpha value is -2.90. The lowest BCUT2D eigenvalue weighted by Gasteiger charge is -2.36. The highest BCUT2D eigenvalue weighted by Crippen LogP contribution is 2.35. The fraction of sp³-hybridized carbons (Fsp3) is 0.615. The van der Waals surface area contributed by atoms with E-state index in [-0.39, 0.29) is 11.8 Å². The van der Waals surface area contributed by atoms with Crippen LogP contribution in [0.4, 0.5) is 5.69 Å². The minimum absolute atomic E-state index is 0.215. The molecule has 34 heavy (non-hydrogen) atoms. The molecule has 3 fully saturated rings. The summed E-state index contributed by atoms with van der Waals surface area (Å²) in [5.41, 5.74) is 2.82. The summed E-state index contributed by atoms with van der Waals surface area (Å²) in [6.07, 6.45) is 9.12. The highest BCUT2D eigenvalue weighted by molar-refractivity contribution is 6.03. The van der Waals surface area contributed by atoms with E-state index in [0.717, 1.165) is 60.8 Å². The molecule has 2 saturated heterocycles. The van der Waals surface area contributed by atoms with Crippen molar-refractivity contribution in [1.82, 2.24) is 20.0 Å². The number of piperidine rings is 1. The molecule has 3 amide bonds. The van der Waals surface area contributed by atoms with E-state index < -0.39 is 5.92 Å². The number of fused-ring (bicyclic) bond motifs is 1. The Morgan fingerprint density at radius 3 is 2.56 bits per heavy atom. The van der Waals surface area contributed by atoms with Crippen molar-refractivity contribution in [2.45, 2.75) is 63.7 Å². The minimum Gasteiger partial charge on any atom is -0.366 e. The number of benzene rings is 1. The van der Waals surface area contributed by atoms with Crippen molar-refractivity contribution in [2.24, 2.45) is 13.0 Å². The predicted octanol–water partition coefficient (Wildman–Crippen LogP) is 3.10. The summed E-state index contributed by atoms with van der Waals surface area (Å²) in [6, 6.07) is 6.12. The number of carbonyl (C=O) groups is 3. The van der Waals surface area contributed by atoms with Crippen LogP contribution in [0.3, 0.4) is 0 Å². The number of nitrogens with one attached hydrogen (secondary N) is 1. The Kier molecular flexibility index (Phi) is 6.57. The normalized spacial score (nSPS) is 22.3. The summed E-state index contributed by atoms with van der Waals surface area (Å²) in [5, 5.41) is 8.12. The van der Waals surface area contributed by atoms with Crippen LogP contribution in [0.5, 0.6) is 0 Å². The first kappa shape index (κ1) is 22.9. The van der Waals surface area contributed by atoms with Gasteiger partial charge in [0.25, 0.3) is 0 Å². The van der Waals surface area contributed by atoms with E-state index in [1.165, 1.54) is 32.1 Å². The first-order chi connectivity index (χ1) is 16.5. The first-order valence-corrected chi connectivity index (χ1v) is 12.8. The van der Waals surface area contributed by atoms with Gasteiger partial charge in [0.15, 0.2) is 0 Å². The minimum atomic E-state index is -0.407. The zero-order chi connectivity index (χ0) is 23.7. The maximum atomic E-state index is 12.8. The van der Waals surface area contributed by atoms with Gasteiger partial charge in [-0.1, -0.05) is 44.2 Å². The van der Waals surface area contributed by atoms with Crippen molar-refractivity contribution >= 4 is 34.3 Å². The number of piperazine rings is 1. The summed E-state index contributed by atoms with van der Waals surface area (Å²) in [6.45, 7) is 3.04. The highest BCUT2D eigenvalue weighted by Gasteiger charge is 2.32. The van der Waals surface area contributed by atoms with E-state index in [1.54, 1.807) is 0 Å². The predicted molar refractivity (Wildman–Crippen MR) is 130 cm³/mol. The molecular weight excluding hydrogens is 430 g/mol. The summed E-state index contributed by atoms with van der Waals surface area (Å²) in [4.78, 5) is 41.2. The molecule has 1 aromatic heterocycles. The van der Waals surface area contributed by atoms with Gasteiger partial charge < -0.3 is 9.80 Å². The van der Waals surface area contributed by atoms with E-state index in [0.29, 0.717) is 25.2 Å². The fourth-order valence-electron chi connectivity index (χ4n) is 5.97. The van der Waals surface area contributed by atoms with Crippen LogP contribution in [0.1, 0.15) is 69.4 Å². The molecule has 8 heteroatoms. The molecule has 1 saturated carbocycles. The number of amides is 3. The largest absolute Gasteiger partial charge is 0.366 e. The third-order valence-electron chi connectivity index (χ3n) is 7.91. The van der Waals surface area contributed by atoms with Crippen molar-refractivity contribution in [3.05, 3.63) is 23.9 Å². The first-order valence-electron chi connectivity index (χ1n) is 12.8. The van der Waals surface area contributed by atoms with Crippen molar-refractivity contribution in [2.75, 3.05) is 31.1 Å². The molecular formula is C26H35N5O3. The molecule has 0 bridgehead atoms. The molecule has 2 aromatic rings. The molecule has 1 unspecified atom stereocenters. The van der Waals surface area contributed by atoms with Crippen LogP contribution in [-0.4, -0.2) is 58.6 Å². The zero-order valence-electron chi connectivity index (χ0n) is 20.1. The maximum Gasteiger partial charge on any atom is 0.235 e. The van der Waals surface area contributed by atoms with E-state index >= 15 is 0 Å². The Bertz CT molecular complexity index is 1080. The van der Waals surface area contributed by atoms with Gasteiger partial charge in [-0.3, -0.25) is 24.4 Å². The second-order valence-electron chi connectivity index (χ2n) is 10.1. The van der Waals surface area contributed by atoms with Gasteiger partial charge in [-0.15, -0.1) is 0 Å². The zero-order valence-corrected chi connectivity index (χ0v) is 20.1.